The van der Waals surface area contributed by atoms with Crippen molar-refractivity contribution < 1.29 is 4.74 Å². The molecule has 0 bridgehead atoms. The first-order chi connectivity index (χ1) is 8.65. The van der Waals surface area contributed by atoms with Gasteiger partial charge in [-0.1, -0.05) is 0 Å². The predicted octanol–water partition coefficient (Wildman–Crippen LogP) is 2.04. The number of aromatic nitrogens is 1. The molecule has 4 nitrogen and oxygen atoms in total. The molecule has 1 aliphatic rings. The number of pyridine rings is 1. The molecule has 0 aliphatic carbocycles. The Kier molecular flexibility index (Phi) is 3.83. The summed E-state index contributed by atoms with van der Waals surface area (Å²) in [4.78, 5) is 6.83. The fourth-order valence-electron chi connectivity index (χ4n) is 2.55. The molecule has 1 saturated heterocycles. The summed E-state index contributed by atoms with van der Waals surface area (Å²) in [6, 6.07) is 4.22. The lowest BCUT2D eigenvalue weighted by Gasteiger charge is -2.19. The second-order valence-electron chi connectivity index (χ2n) is 4.93. The van der Waals surface area contributed by atoms with Gasteiger partial charge in [0.25, 0.3) is 0 Å². The highest BCUT2D eigenvalue weighted by Gasteiger charge is 2.24. The van der Waals surface area contributed by atoms with Gasteiger partial charge in [0, 0.05) is 26.1 Å². The van der Waals surface area contributed by atoms with E-state index in [-0.39, 0.29) is 0 Å². The minimum Gasteiger partial charge on any atom is -0.384 e. The van der Waals surface area contributed by atoms with E-state index in [2.05, 4.69) is 16.0 Å². The van der Waals surface area contributed by atoms with Crippen LogP contribution in [0.15, 0.2) is 6.07 Å². The first-order valence-corrected chi connectivity index (χ1v) is 6.28. The Morgan fingerprint density at radius 2 is 2.33 bits per heavy atom. The van der Waals surface area contributed by atoms with Crippen LogP contribution in [-0.4, -0.2) is 31.8 Å². The van der Waals surface area contributed by atoms with E-state index in [4.69, 9.17) is 10.00 Å². The quantitative estimate of drug-likeness (QED) is 0.817. The largest absolute Gasteiger partial charge is 0.384 e. The molecule has 4 heteroatoms. The van der Waals surface area contributed by atoms with Crippen LogP contribution in [0.2, 0.25) is 0 Å². The van der Waals surface area contributed by atoms with E-state index in [1.807, 2.05) is 19.9 Å². The summed E-state index contributed by atoms with van der Waals surface area (Å²) in [6.07, 6.45) is 1.15. The Balaban J connectivity index is 2.18. The van der Waals surface area contributed by atoms with Crippen molar-refractivity contribution in [2.45, 2.75) is 20.3 Å². The number of rotatable bonds is 3. The molecule has 96 valence electrons. The highest BCUT2D eigenvalue weighted by atomic mass is 16.5. The van der Waals surface area contributed by atoms with Gasteiger partial charge in [-0.25, -0.2) is 4.98 Å². The molecule has 1 aromatic rings. The van der Waals surface area contributed by atoms with Crippen LogP contribution in [0, 0.1) is 31.1 Å². The number of hydrogen-bond acceptors (Lipinski definition) is 4. The number of hydrogen-bond donors (Lipinski definition) is 0. The van der Waals surface area contributed by atoms with Crippen LogP contribution in [0.4, 0.5) is 5.82 Å². The first-order valence-electron chi connectivity index (χ1n) is 6.28. The fourth-order valence-corrected chi connectivity index (χ4v) is 2.55. The zero-order valence-corrected chi connectivity index (χ0v) is 11.2. The predicted molar refractivity (Wildman–Crippen MR) is 70.6 cm³/mol. The Labute approximate surface area is 108 Å². The van der Waals surface area contributed by atoms with Gasteiger partial charge in [-0.2, -0.15) is 5.26 Å². The monoisotopic (exact) mass is 245 g/mol. The van der Waals surface area contributed by atoms with Crippen LogP contribution in [0.25, 0.3) is 0 Å². The van der Waals surface area contributed by atoms with Crippen molar-refractivity contribution in [2.75, 3.05) is 31.7 Å². The minimum atomic E-state index is 0.591. The van der Waals surface area contributed by atoms with Gasteiger partial charge in [-0.3, -0.25) is 0 Å². The molecule has 1 unspecified atom stereocenters. The maximum absolute atomic E-state index is 9.05. The molecule has 18 heavy (non-hydrogen) atoms. The van der Waals surface area contributed by atoms with E-state index in [1.54, 1.807) is 7.11 Å². The van der Waals surface area contributed by atoms with E-state index in [0.717, 1.165) is 43.2 Å². The number of nitriles is 1. The van der Waals surface area contributed by atoms with Gasteiger partial charge in [-0.05, 0) is 31.9 Å². The smallest absolute Gasteiger partial charge is 0.129 e. The van der Waals surface area contributed by atoms with Crippen LogP contribution in [-0.2, 0) is 4.74 Å². The maximum atomic E-state index is 9.05. The number of methoxy groups -OCH3 is 1. The third-order valence-electron chi connectivity index (χ3n) is 3.51. The Morgan fingerprint density at radius 3 is 2.94 bits per heavy atom. The molecule has 0 aromatic carbocycles. The van der Waals surface area contributed by atoms with Gasteiger partial charge >= 0.3 is 0 Å². The number of anilines is 1. The van der Waals surface area contributed by atoms with E-state index >= 15 is 0 Å². The highest BCUT2D eigenvalue weighted by Crippen LogP contribution is 2.25. The molecular weight excluding hydrogens is 226 g/mol. The molecule has 1 fully saturated rings. The lowest BCUT2D eigenvalue weighted by molar-refractivity contribution is 0.161. The van der Waals surface area contributed by atoms with Gasteiger partial charge < -0.3 is 9.64 Å². The molecule has 0 spiro atoms. The summed E-state index contributed by atoms with van der Waals surface area (Å²) >= 11 is 0. The van der Waals surface area contributed by atoms with Crippen LogP contribution in [0.5, 0.6) is 0 Å². The van der Waals surface area contributed by atoms with Crippen molar-refractivity contribution in [1.29, 1.82) is 5.26 Å². The lowest BCUT2D eigenvalue weighted by Crippen LogP contribution is -2.22. The van der Waals surface area contributed by atoms with Gasteiger partial charge in [0.2, 0.25) is 0 Å². The third-order valence-corrected chi connectivity index (χ3v) is 3.51. The molecule has 0 radical (unpaired) electrons. The number of ether oxygens (including phenoxy) is 1. The van der Waals surface area contributed by atoms with Crippen LogP contribution in [0.3, 0.4) is 0 Å². The van der Waals surface area contributed by atoms with Crippen molar-refractivity contribution >= 4 is 5.82 Å². The third kappa shape index (κ3) is 2.46. The molecule has 1 aliphatic heterocycles. The zero-order chi connectivity index (χ0) is 13.1. The highest BCUT2D eigenvalue weighted by molar-refractivity contribution is 5.50. The summed E-state index contributed by atoms with van der Waals surface area (Å²) in [6.45, 7) is 6.69. The molecule has 1 aromatic heterocycles. The second-order valence-corrected chi connectivity index (χ2v) is 4.93. The van der Waals surface area contributed by atoms with Crippen LogP contribution in [0.1, 0.15) is 23.2 Å². The Morgan fingerprint density at radius 1 is 1.56 bits per heavy atom. The van der Waals surface area contributed by atoms with Crippen molar-refractivity contribution in [2.24, 2.45) is 5.92 Å². The van der Waals surface area contributed by atoms with Gasteiger partial charge in [-0.15, -0.1) is 0 Å². The van der Waals surface area contributed by atoms with E-state index < -0.39 is 0 Å². The van der Waals surface area contributed by atoms with Gasteiger partial charge in [0.05, 0.1) is 17.9 Å². The van der Waals surface area contributed by atoms with Crippen molar-refractivity contribution in [3.63, 3.8) is 0 Å². The molecule has 0 saturated carbocycles. The SMILES string of the molecule is COCC1CCN(c2cc(C)c(C#N)c(C)n2)C1. The van der Waals surface area contributed by atoms with Crippen LogP contribution < -0.4 is 4.90 Å². The summed E-state index contributed by atoms with van der Waals surface area (Å²) in [5.74, 6) is 1.58. The normalized spacial score (nSPS) is 19.0. The average molecular weight is 245 g/mol. The topological polar surface area (TPSA) is 49.1 Å². The molecular formula is C14H19N3O. The summed E-state index contributed by atoms with van der Waals surface area (Å²) in [5, 5.41) is 9.05. The summed E-state index contributed by atoms with van der Waals surface area (Å²) < 4.78 is 5.20. The van der Waals surface area contributed by atoms with Crippen molar-refractivity contribution in [3.8, 4) is 6.07 Å². The molecule has 1 atom stereocenters. The Bertz CT molecular complexity index is 455. The second kappa shape index (κ2) is 5.36. The molecule has 2 rings (SSSR count). The molecule has 0 amide bonds. The van der Waals surface area contributed by atoms with E-state index in [0.29, 0.717) is 11.5 Å². The molecule has 0 N–H and O–H groups in total. The zero-order valence-electron chi connectivity index (χ0n) is 11.2. The summed E-state index contributed by atoms with van der Waals surface area (Å²) in [7, 11) is 1.75. The first kappa shape index (κ1) is 12.8. The number of aryl methyl sites for hydroxylation is 2. The molecule has 2 heterocycles. The van der Waals surface area contributed by atoms with Crippen molar-refractivity contribution in [1.82, 2.24) is 4.98 Å². The van der Waals surface area contributed by atoms with Gasteiger partial charge in [0.1, 0.15) is 11.9 Å². The Hall–Kier alpha value is -1.60. The summed E-state index contributed by atoms with van der Waals surface area (Å²) in [5.41, 5.74) is 2.53. The average Bonchev–Trinajstić information content (AvgIpc) is 2.78. The minimum absolute atomic E-state index is 0.591. The number of nitrogens with zero attached hydrogens (tertiary/aromatic N) is 3. The standard InChI is InChI=1S/C14H19N3O/c1-10-6-14(16-11(2)13(10)7-15)17-5-4-12(8-17)9-18-3/h6,12H,4-5,8-9H2,1-3H3. The van der Waals surface area contributed by atoms with Crippen LogP contribution >= 0.6 is 0 Å². The lowest BCUT2D eigenvalue weighted by atomic mass is 10.1. The maximum Gasteiger partial charge on any atom is 0.129 e. The van der Waals surface area contributed by atoms with E-state index in [9.17, 15) is 0 Å². The van der Waals surface area contributed by atoms with Crippen molar-refractivity contribution in [3.05, 3.63) is 22.9 Å². The fraction of sp³-hybridized carbons (Fsp3) is 0.571. The van der Waals surface area contributed by atoms with E-state index in [1.165, 1.54) is 0 Å². The van der Waals surface area contributed by atoms with Gasteiger partial charge in [0.15, 0.2) is 0 Å².